The zero-order chi connectivity index (χ0) is 25.9. The monoisotopic (exact) mass is 508 g/mol. The van der Waals surface area contributed by atoms with E-state index in [0.717, 1.165) is 47.4 Å². The third-order valence-corrected chi connectivity index (χ3v) is 6.82. The summed E-state index contributed by atoms with van der Waals surface area (Å²) in [5.74, 6) is 0.193. The normalized spacial score (nSPS) is 12.0. The molecule has 1 aromatic heterocycles. The van der Waals surface area contributed by atoms with Gasteiger partial charge in [-0.3, -0.25) is 9.69 Å². The number of nitrogens with zero attached hydrogens (tertiary/aromatic N) is 1. The van der Waals surface area contributed by atoms with Gasteiger partial charge in [0.25, 0.3) is 5.91 Å². The molecule has 0 aliphatic carbocycles. The summed E-state index contributed by atoms with van der Waals surface area (Å²) in [6, 6.07) is 16.8. The van der Waals surface area contributed by atoms with E-state index in [9.17, 15) is 14.7 Å². The summed E-state index contributed by atoms with van der Waals surface area (Å²) in [5.41, 5.74) is 4.40. The number of thioether (sulfide) groups is 1. The van der Waals surface area contributed by atoms with Crippen LogP contribution in [-0.4, -0.2) is 46.5 Å². The average Bonchev–Trinajstić information content (AvgIpc) is 3.38. The van der Waals surface area contributed by atoms with Gasteiger partial charge < -0.3 is 14.8 Å². The summed E-state index contributed by atoms with van der Waals surface area (Å²) in [7, 11) is 0. The third-order valence-electron chi connectivity index (χ3n) is 6.17. The van der Waals surface area contributed by atoms with Crippen molar-refractivity contribution in [2.45, 2.75) is 52.2 Å². The number of aryl methyl sites for hydroxylation is 1. The van der Waals surface area contributed by atoms with Crippen LogP contribution in [0.3, 0.4) is 0 Å². The Morgan fingerprint density at radius 3 is 2.56 bits per heavy atom. The van der Waals surface area contributed by atoms with E-state index >= 15 is 0 Å². The number of amides is 1. The fourth-order valence-electron chi connectivity index (χ4n) is 4.19. The molecule has 1 heterocycles. The second-order valence-corrected chi connectivity index (χ2v) is 9.97. The largest absolute Gasteiger partial charge is 0.480 e. The Hall–Kier alpha value is -3.03. The van der Waals surface area contributed by atoms with Gasteiger partial charge >= 0.3 is 5.97 Å². The van der Waals surface area contributed by atoms with Gasteiger partial charge in [-0.15, -0.1) is 0 Å². The molecule has 3 rings (SSSR count). The molecule has 0 aliphatic heterocycles. The van der Waals surface area contributed by atoms with E-state index in [-0.39, 0.29) is 5.91 Å². The van der Waals surface area contributed by atoms with Crippen LogP contribution in [0, 0.1) is 6.92 Å². The number of carboxylic acids is 1. The van der Waals surface area contributed by atoms with Gasteiger partial charge in [0.05, 0.1) is 12.8 Å². The molecule has 0 fully saturated rings. The molecule has 1 amide bonds. The van der Waals surface area contributed by atoms with Gasteiger partial charge in [-0.25, -0.2) is 4.79 Å². The smallest absolute Gasteiger partial charge is 0.326 e. The molecule has 0 radical (unpaired) electrons. The number of carbonyl (C=O) groups is 2. The fourth-order valence-corrected chi connectivity index (χ4v) is 4.66. The number of hydrogen-bond acceptors (Lipinski definition) is 5. The number of rotatable bonds is 14. The van der Waals surface area contributed by atoms with Crippen LogP contribution in [0.5, 0.6) is 0 Å². The molecular weight excluding hydrogens is 472 g/mol. The Labute approximate surface area is 218 Å². The van der Waals surface area contributed by atoms with Crippen molar-refractivity contribution in [1.29, 1.82) is 0 Å². The number of aliphatic carboxylic acids is 1. The topological polar surface area (TPSA) is 82.8 Å². The fraction of sp³-hybridized carbons (Fsp3) is 0.379. The van der Waals surface area contributed by atoms with Gasteiger partial charge in [0.1, 0.15) is 11.8 Å². The summed E-state index contributed by atoms with van der Waals surface area (Å²) in [6.07, 6.45) is 6.17. The molecule has 7 heteroatoms. The summed E-state index contributed by atoms with van der Waals surface area (Å²) < 4.78 is 5.58. The lowest BCUT2D eigenvalue weighted by Gasteiger charge is -2.22. The maximum Gasteiger partial charge on any atom is 0.326 e. The second-order valence-electron chi connectivity index (χ2n) is 8.98. The van der Waals surface area contributed by atoms with Crippen LogP contribution < -0.4 is 5.32 Å². The van der Waals surface area contributed by atoms with Crippen molar-refractivity contribution in [3.63, 3.8) is 0 Å². The summed E-state index contributed by atoms with van der Waals surface area (Å²) >= 11 is 1.56. The van der Waals surface area contributed by atoms with E-state index in [1.165, 1.54) is 0 Å². The molecule has 0 spiro atoms. The second kappa shape index (κ2) is 13.9. The standard InChI is InChI=1S/C29H36N2O4S/c1-4-5-15-31(20-23-10-8-16-35-23)19-22-12-13-25(26(18-22)24-11-7-6-9-21(24)2)28(32)30-27(29(33)34)14-17-36-3/h6-13,16,18,27H,4-5,14-15,17,19-20H2,1-3H3,(H,30,32)(H,33,34). The van der Waals surface area contributed by atoms with Gasteiger partial charge in [0.2, 0.25) is 0 Å². The maximum atomic E-state index is 13.3. The van der Waals surface area contributed by atoms with E-state index in [4.69, 9.17) is 4.42 Å². The highest BCUT2D eigenvalue weighted by Gasteiger charge is 2.23. The van der Waals surface area contributed by atoms with Crippen molar-refractivity contribution in [3.05, 3.63) is 83.3 Å². The van der Waals surface area contributed by atoms with Crippen molar-refractivity contribution in [2.24, 2.45) is 0 Å². The Kier molecular flexibility index (Phi) is 10.6. The molecule has 0 saturated carbocycles. The van der Waals surface area contributed by atoms with E-state index in [0.29, 0.717) is 30.8 Å². The van der Waals surface area contributed by atoms with Crippen molar-refractivity contribution in [2.75, 3.05) is 18.6 Å². The molecule has 36 heavy (non-hydrogen) atoms. The molecule has 0 saturated heterocycles. The van der Waals surface area contributed by atoms with Crippen LogP contribution in [0.1, 0.15) is 53.4 Å². The summed E-state index contributed by atoms with van der Waals surface area (Å²) in [5, 5.41) is 12.3. The van der Waals surface area contributed by atoms with Crippen LogP contribution >= 0.6 is 11.8 Å². The van der Waals surface area contributed by atoms with E-state index in [2.05, 4.69) is 23.2 Å². The van der Waals surface area contributed by atoms with Crippen molar-refractivity contribution in [1.82, 2.24) is 10.2 Å². The Bertz CT molecular complexity index is 1130. The molecule has 1 atom stereocenters. The van der Waals surface area contributed by atoms with Crippen molar-refractivity contribution >= 4 is 23.6 Å². The Balaban J connectivity index is 1.93. The minimum absolute atomic E-state index is 0.369. The minimum atomic E-state index is -1.02. The number of carbonyl (C=O) groups excluding carboxylic acids is 1. The SMILES string of the molecule is CCCCN(Cc1ccc(C(=O)NC(CCSC)C(=O)O)c(-c2ccccc2C)c1)Cc1ccco1. The predicted octanol–water partition coefficient (Wildman–Crippen LogP) is 5.99. The molecule has 2 aromatic carbocycles. The molecular formula is C29H36N2O4S. The Morgan fingerprint density at radius 1 is 1.08 bits per heavy atom. The van der Waals surface area contributed by atoms with Gasteiger partial charge in [0, 0.05) is 12.1 Å². The first-order valence-corrected chi connectivity index (χ1v) is 13.8. The number of unbranched alkanes of at least 4 members (excludes halogenated alkanes) is 1. The number of nitrogens with one attached hydrogen (secondary N) is 1. The van der Waals surface area contributed by atoms with Crippen LogP contribution in [0.2, 0.25) is 0 Å². The predicted molar refractivity (Wildman–Crippen MR) is 146 cm³/mol. The van der Waals surface area contributed by atoms with Crippen LogP contribution in [-0.2, 0) is 17.9 Å². The number of carboxylic acid groups (broad SMARTS) is 1. The lowest BCUT2D eigenvalue weighted by atomic mass is 9.93. The molecule has 192 valence electrons. The van der Waals surface area contributed by atoms with E-state index < -0.39 is 12.0 Å². The molecule has 0 bridgehead atoms. The van der Waals surface area contributed by atoms with Crippen LogP contribution in [0.15, 0.2) is 65.3 Å². The van der Waals surface area contributed by atoms with E-state index in [1.807, 2.05) is 61.7 Å². The van der Waals surface area contributed by atoms with Crippen molar-refractivity contribution in [3.8, 4) is 11.1 Å². The number of hydrogen-bond donors (Lipinski definition) is 2. The minimum Gasteiger partial charge on any atom is -0.480 e. The lowest BCUT2D eigenvalue weighted by Crippen LogP contribution is -2.41. The zero-order valence-corrected chi connectivity index (χ0v) is 22.1. The zero-order valence-electron chi connectivity index (χ0n) is 21.3. The van der Waals surface area contributed by atoms with Gasteiger partial charge in [-0.2, -0.15) is 11.8 Å². The quantitative estimate of drug-likeness (QED) is 0.278. The number of furan rings is 1. The lowest BCUT2D eigenvalue weighted by molar-refractivity contribution is -0.139. The molecule has 0 aliphatic rings. The molecule has 6 nitrogen and oxygen atoms in total. The summed E-state index contributed by atoms with van der Waals surface area (Å²) in [6.45, 7) is 6.57. The van der Waals surface area contributed by atoms with Crippen LogP contribution in [0.4, 0.5) is 0 Å². The highest BCUT2D eigenvalue weighted by molar-refractivity contribution is 7.98. The molecule has 1 unspecified atom stereocenters. The average molecular weight is 509 g/mol. The van der Waals surface area contributed by atoms with Crippen molar-refractivity contribution < 1.29 is 19.1 Å². The van der Waals surface area contributed by atoms with Crippen LogP contribution in [0.25, 0.3) is 11.1 Å². The Morgan fingerprint density at radius 2 is 1.89 bits per heavy atom. The highest BCUT2D eigenvalue weighted by Crippen LogP contribution is 2.29. The first-order chi connectivity index (χ1) is 17.4. The number of benzene rings is 2. The van der Waals surface area contributed by atoms with E-state index in [1.54, 1.807) is 18.0 Å². The van der Waals surface area contributed by atoms with Gasteiger partial charge in [-0.05, 0) is 84.8 Å². The van der Waals surface area contributed by atoms with Gasteiger partial charge in [0.15, 0.2) is 0 Å². The maximum absolute atomic E-state index is 13.3. The first kappa shape index (κ1) is 27.6. The highest BCUT2D eigenvalue weighted by atomic mass is 32.2. The molecule has 3 aromatic rings. The van der Waals surface area contributed by atoms with Gasteiger partial charge in [-0.1, -0.05) is 43.7 Å². The first-order valence-electron chi connectivity index (χ1n) is 12.4. The summed E-state index contributed by atoms with van der Waals surface area (Å²) in [4.78, 5) is 27.4. The third kappa shape index (κ3) is 7.73. The molecule has 2 N–H and O–H groups in total.